The Balaban J connectivity index is 2.39. The summed E-state index contributed by atoms with van der Waals surface area (Å²) in [7, 11) is 3.44. The summed E-state index contributed by atoms with van der Waals surface area (Å²) in [5, 5.41) is 0. The van der Waals surface area contributed by atoms with E-state index in [9.17, 15) is 4.79 Å². The Morgan fingerprint density at radius 1 is 1.41 bits per heavy atom. The second kappa shape index (κ2) is 4.75. The molecule has 1 saturated heterocycles. The molecule has 4 heteroatoms. The number of rotatable bonds is 2. The van der Waals surface area contributed by atoms with Gasteiger partial charge in [-0.05, 0) is 12.5 Å². The van der Waals surface area contributed by atoms with E-state index in [1.807, 2.05) is 24.3 Å². The summed E-state index contributed by atoms with van der Waals surface area (Å²) >= 11 is 0. The third kappa shape index (κ3) is 2.13. The van der Waals surface area contributed by atoms with Gasteiger partial charge in [-0.1, -0.05) is 18.2 Å². The zero-order chi connectivity index (χ0) is 12.4. The molecule has 1 aliphatic heterocycles. The van der Waals surface area contributed by atoms with Gasteiger partial charge in [0.25, 0.3) is 0 Å². The van der Waals surface area contributed by atoms with Crippen LogP contribution in [0.5, 0.6) is 5.75 Å². The molecule has 1 aromatic carbocycles. The quantitative estimate of drug-likeness (QED) is 0.839. The first-order chi connectivity index (χ1) is 8.15. The van der Waals surface area contributed by atoms with E-state index in [2.05, 4.69) is 0 Å². The van der Waals surface area contributed by atoms with E-state index >= 15 is 0 Å². The molecule has 0 aliphatic carbocycles. The number of likely N-dealkylation sites (N-methyl/N-ethyl adjacent to an activating group) is 1. The number of hydrogen-bond acceptors (Lipinski definition) is 3. The van der Waals surface area contributed by atoms with Crippen LogP contribution in [0.4, 0.5) is 0 Å². The van der Waals surface area contributed by atoms with Crippen molar-refractivity contribution in [2.75, 3.05) is 14.2 Å². The molecule has 4 nitrogen and oxygen atoms in total. The topological polar surface area (TPSA) is 55.6 Å². The number of likely N-dealkylation sites (tertiary alicyclic amines) is 1. The lowest BCUT2D eigenvalue weighted by atomic mass is 9.90. The summed E-state index contributed by atoms with van der Waals surface area (Å²) in [5.41, 5.74) is 7.12. The minimum Gasteiger partial charge on any atom is -0.496 e. The zero-order valence-corrected chi connectivity index (χ0v) is 10.2. The molecule has 0 aromatic heterocycles. The second-order valence-electron chi connectivity index (χ2n) is 4.39. The molecule has 1 aromatic rings. The molecule has 1 aliphatic rings. The van der Waals surface area contributed by atoms with Crippen LogP contribution in [0.3, 0.4) is 0 Å². The van der Waals surface area contributed by atoms with Crippen molar-refractivity contribution in [3.05, 3.63) is 29.8 Å². The van der Waals surface area contributed by atoms with Crippen molar-refractivity contribution in [2.24, 2.45) is 5.73 Å². The lowest BCUT2D eigenvalue weighted by molar-refractivity contribution is -0.135. The van der Waals surface area contributed by atoms with E-state index in [0.717, 1.165) is 17.7 Å². The number of amides is 1. The monoisotopic (exact) mass is 234 g/mol. The fraction of sp³-hybridized carbons (Fsp3) is 0.462. The number of benzene rings is 1. The summed E-state index contributed by atoms with van der Waals surface area (Å²) in [4.78, 5) is 13.5. The average Bonchev–Trinajstić information content (AvgIpc) is 2.35. The van der Waals surface area contributed by atoms with Gasteiger partial charge in [0.05, 0.1) is 13.2 Å². The molecule has 2 N–H and O–H groups in total. The Labute approximate surface area is 101 Å². The van der Waals surface area contributed by atoms with Gasteiger partial charge in [0.1, 0.15) is 5.75 Å². The Morgan fingerprint density at radius 3 is 2.82 bits per heavy atom. The van der Waals surface area contributed by atoms with Gasteiger partial charge in [0.2, 0.25) is 5.91 Å². The Kier molecular flexibility index (Phi) is 3.33. The number of carbonyl (C=O) groups is 1. The Hall–Kier alpha value is -1.55. The molecule has 1 fully saturated rings. The Morgan fingerprint density at radius 2 is 2.12 bits per heavy atom. The maximum absolute atomic E-state index is 11.8. The number of hydrogen-bond donors (Lipinski definition) is 1. The molecule has 0 saturated carbocycles. The van der Waals surface area contributed by atoms with Crippen LogP contribution in [-0.4, -0.2) is 31.0 Å². The molecule has 0 spiro atoms. The minimum absolute atomic E-state index is 0.0333. The zero-order valence-electron chi connectivity index (χ0n) is 10.2. The van der Waals surface area contributed by atoms with Crippen molar-refractivity contribution in [2.45, 2.75) is 24.9 Å². The maximum atomic E-state index is 11.8. The molecule has 17 heavy (non-hydrogen) atoms. The van der Waals surface area contributed by atoms with Gasteiger partial charge in [-0.2, -0.15) is 0 Å². The second-order valence-corrected chi connectivity index (χ2v) is 4.39. The van der Waals surface area contributed by atoms with E-state index in [0.29, 0.717) is 6.42 Å². The first-order valence-corrected chi connectivity index (χ1v) is 5.79. The molecule has 1 heterocycles. The van der Waals surface area contributed by atoms with E-state index in [1.165, 1.54) is 0 Å². The Bertz CT molecular complexity index is 420. The predicted octanol–water partition coefficient (Wildman–Crippen LogP) is 1.32. The third-order valence-electron chi connectivity index (χ3n) is 3.37. The maximum Gasteiger partial charge on any atom is 0.222 e. The normalized spacial score (nSPS) is 24.9. The van der Waals surface area contributed by atoms with Gasteiger partial charge in [-0.15, -0.1) is 0 Å². The van der Waals surface area contributed by atoms with Crippen LogP contribution < -0.4 is 10.5 Å². The lowest BCUT2D eigenvalue weighted by Crippen LogP contribution is -2.46. The fourth-order valence-corrected chi connectivity index (χ4v) is 2.42. The molecular weight excluding hydrogens is 216 g/mol. The van der Waals surface area contributed by atoms with Gasteiger partial charge >= 0.3 is 0 Å². The molecule has 92 valence electrons. The number of nitrogens with zero attached hydrogens (tertiary/aromatic N) is 1. The van der Waals surface area contributed by atoms with Crippen molar-refractivity contribution in [3.63, 3.8) is 0 Å². The van der Waals surface area contributed by atoms with Gasteiger partial charge in [0.15, 0.2) is 0 Å². The largest absolute Gasteiger partial charge is 0.496 e. The number of piperidine rings is 1. The van der Waals surface area contributed by atoms with Crippen LogP contribution in [0.15, 0.2) is 24.3 Å². The van der Waals surface area contributed by atoms with E-state index in [4.69, 9.17) is 10.5 Å². The molecule has 2 unspecified atom stereocenters. The van der Waals surface area contributed by atoms with Crippen molar-refractivity contribution >= 4 is 5.91 Å². The smallest absolute Gasteiger partial charge is 0.222 e. The van der Waals surface area contributed by atoms with Gasteiger partial charge in [0, 0.05) is 25.1 Å². The van der Waals surface area contributed by atoms with Crippen molar-refractivity contribution in [1.82, 2.24) is 4.90 Å². The number of para-hydroxylation sites is 1. The standard InChI is InChI=1S/C13H18N2O2/c1-15-12(16)8-7-10(14)13(15)9-5-3-4-6-11(9)17-2/h3-6,10,13H,7-8,14H2,1-2H3. The molecule has 1 amide bonds. The average molecular weight is 234 g/mol. The summed E-state index contributed by atoms with van der Waals surface area (Å²) in [6.07, 6.45) is 1.26. The number of nitrogens with two attached hydrogens (primary N) is 1. The highest BCUT2D eigenvalue weighted by Crippen LogP contribution is 2.34. The van der Waals surface area contributed by atoms with Crippen molar-refractivity contribution in [3.8, 4) is 5.75 Å². The van der Waals surface area contributed by atoms with Crippen LogP contribution in [0.25, 0.3) is 0 Å². The van der Waals surface area contributed by atoms with Crippen LogP contribution in [0, 0.1) is 0 Å². The lowest BCUT2D eigenvalue weighted by Gasteiger charge is -2.38. The van der Waals surface area contributed by atoms with E-state index in [-0.39, 0.29) is 18.0 Å². The third-order valence-corrected chi connectivity index (χ3v) is 3.37. The van der Waals surface area contributed by atoms with Crippen LogP contribution >= 0.6 is 0 Å². The first-order valence-electron chi connectivity index (χ1n) is 5.79. The fourth-order valence-electron chi connectivity index (χ4n) is 2.42. The highest BCUT2D eigenvalue weighted by atomic mass is 16.5. The molecule has 0 bridgehead atoms. The molecule has 2 rings (SSSR count). The van der Waals surface area contributed by atoms with Crippen molar-refractivity contribution in [1.29, 1.82) is 0 Å². The van der Waals surface area contributed by atoms with E-state index < -0.39 is 0 Å². The van der Waals surface area contributed by atoms with Crippen LogP contribution in [-0.2, 0) is 4.79 Å². The summed E-state index contributed by atoms with van der Waals surface area (Å²) in [5.74, 6) is 0.928. The number of ether oxygens (including phenoxy) is 1. The SMILES string of the molecule is COc1ccccc1C1C(N)CCC(=O)N1C. The summed E-state index contributed by atoms with van der Waals surface area (Å²) in [6, 6.07) is 7.60. The number of methoxy groups -OCH3 is 1. The molecule has 0 radical (unpaired) electrons. The molecular formula is C13H18N2O2. The van der Waals surface area contributed by atoms with Gasteiger partial charge < -0.3 is 15.4 Å². The predicted molar refractivity (Wildman–Crippen MR) is 65.7 cm³/mol. The highest BCUT2D eigenvalue weighted by Gasteiger charge is 2.33. The van der Waals surface area contributed by atoms with Gasteiger partial charge in [-0.3, -0.25) is 4.79 Å². The van der Waals surface area contributed by atoms with Crippen LogP contribution in [0.1, 0.15) is 24.4 Å². The van der Waals surface area contributed by atoms with Crippen molar-refractivity contribution < 1.29 is 9.53 Å². The highest BCUT2D eigenvalue weighted by molar-refractivity contribution is 5.77. The summed E-state index contributed by atoms with van der Waals surface area (Å²) in [6.45, 7) is 0. The van der Waals surface area contributed by atoms with E-state index in [1.54, 1.807) is 19.1 Å². The van der Waals surface area contributed by atoms with Gasteiger partial charge in [-0.25, -0.2) is 0 Å². The first kappa shape index (κ1) is 11.9. The summed E-state index contributed by atoms with van der Waals surface area (Å²) < 4.78 is 5.34. The van der Waals surface area contributed by atoms with Crippen LogP contribution in [0.2, 0.25) is 0 Å². The minimum atomic E-state index is -0.0904. The molecule has 2 atom stereocenters. The number of carbonyl (C=O) groups excluding carboxylic acids is 1.